The van der Waals surface area contributed by atoms with Crippen LogP contribution in [0.5, 0.6) is 0 Å². The third-order valence-electron chi connectivity index (χ3n) is 4.95. The van der Waals surface area contributed by atoms with Crippen LogP contribution in [0.3, 0.4) is 0 Å². The Bertz CT molecular complexity index is 626. The molecule has 1 heterocycles. The van der Waals surface area contributed by atoms with Gasteiger partial charge in [0.2, 0.25) is 0 Å². The van der Waals surface area contributed by atoms with Crippen LogP contribution < -0.4 is 5.32 Å². The fourth-order valence-corrected chi connectivity index (χ4v) is 3.54. The molecule has 1 saturated heterocycles. The summed E-state index contributed by atoms with van der Waals surface area (Å²) in [6.45, 7) is 2.40. The van der Waals surface area contributed by atoms with Crippen molar-refractivity contribution in [3.8, 4) is 0 Å². The number of rotatable bonds is 2. The van der Waals surface area contributed by atoms with Crippen LogP contribution in [-0.4, -0.2) is 36.6 Å². The second-order valence-corrected chi connectivity index (χ2v) is 6.48. The first-order chi connectivity index (χ1) is 11.3. The van der Waals surface area contributed by atoms with Crippen molar-refractivity contribution in [2.24, 2.45) is 0 Å². The van der Waals surface area contributed by atoms with E-state index in [0.717, 1.165) is 11.1 Å². The highest BCUT2D eigenvalue weighted by atomic mass is 19.4. The summed E-state index contributed by atoms with van der Waals surface area (Å²) < 4.78 is 50.1. The van der Waals surface area contributed by atoms with E-state index in [4.69, 9.17) is 9.47 Å². The number of halogens is 3. The van der Waals surface area contributed by atoms with Crippen LogP contribution in [0.4, 0.5) is 13.2 Å². The lowest BCUT2D eigenvalue weighted by atomic mass is 9.72. The molecule has 1 fully saturated rings. The summed E-state index contributed by atoms with van der Waals surface area (Å²) >= 11 is 0. The van der Waals surface area contributed by atoms with Gasteiger partial charge in [-0.3, -0.25) is 4.79 Å². The van der Waals surface area contributed by atoms with E-state index in [1.165, 1.54) is 0 Å². The number of benzene rings is 1. The summed E-state index contributed by atoms with van der Waals surface area (Å²) in [6, 6.07) is 7.56. The molecule has 1 atom stereocenters. The smallest absolute Gasteiger partial charge is 0.348 e. The number of fused-ring (bicyclic) bond motifs is 1. The van der Waals surface area contributed by atoms with Gasteiger partial charge >= 0.3 is 12.1 Å². The van der Waals surface area contributed by atoms with Gasteiger partial charge in [0.05, 0.1) is 18.8 Å². The van der Waals surface area contributed by atoms with Crippen molar-refractivity contribution in [3.63, 3.8) is 0 Å². The Hall–Kier alpha value is -1.60. The van der Waals surface area contributed by atoms with E-state index in [9.17, 15) is 18.0 Å². The van der Waals surface area contributed by atoms with Gasteiger partial charge in [-0.25, -0.2) is 0 Å². The molecule has 1 unspecified atom stereocenters. The van der Waals surface area contributed by atoms with Gasteiger partial charge in [0.1, 0.15) is 0 Å². The first-order valence-electron chi connectivity index (χ1n) is 8.00. The Labute approximate surface area is 138 Å². The van der Waals surface area contributed by atoms with Gasteiger partial charge in [-0.1, -0.05) is 24.3 Å². The SMILES string of the molecule is CC1(C2(NC(=O)C(F)(F)F)CCc3ccccc3C2)OCCCO1. The lowest BCUT2D eigenvalue weighted by Gasteiger charge is -2.51. The third kappa shape index (κ3) is 3.02. The molecule has 1 aromatic carbocycles. The standard InChI is InChI=1S/C17H20F3NO3/c1-15(23-9-4-10-24-15)16(21-14(22)17(18,19)20)8-7-12-5-2-3-6-13(12)11-16/h2-3,5-6H,4,7-11H2,1H3,(H,21,22). The summed E-state index contributed by atoms with van der Waals surface area (Å²) in [5, 5.41) is 2.21. The van der Waals surface area contributed by atoms with Crippen LogP contribution in [0.1, 0.15) is 30.9 Å². The molecular formula is C17H20F3NO3. The Morgan fingerprint density at radius 2 is 1.79 bits per heavy atom. The van der Waals surface area contributed by atoms with Gasteiger partial charge in [-0.15, -0.1) is 0 Å². The van der Waals surface area contributed by atoms with Gasteiger partial charge < -0.3 is 14.8 Å². The maximum Gasteiger partial charge on any atom is 0.471 e. The number of hydrogen-bond acceptors (Lipinski definition) is 3. The Kier molecular flexibility index (Phi) is 4.34. The molecule has 0 bridgehead atoms. The van der Waals surface area contributed by atoms with E-state index in [1.54, 1.807) is 6.92 Å². The average molecular weight is 343 g/mol. The van der Waals surface area contributed by atoms with Crippen LogP contribution in [0.25, 0.3) is 0 Å². The van der Waals surface area contributed by atoms with Crippen LogP contribution in [0, 0.1) is 0 Å². The number of alkyl halides is 3. The van der Waals surface area contributed by atoms with Gasteiger partial charge in [0.25, 0.3) is 0 Å². The normalized spacial score (nSPS) is 26.5. The van der Waals surface area contributed by atoms with E-state index < -0.39 is 23.4 Å². The Balaban J connectivity index is 1.97. The van der Waals surface area contributed by atoms with Gasteiger partial charge in [0, 0.05) is 6.42 Å². The highest BCUT2D eigenvalue weighted by Crippen LogP contribution is 2.41. The summed E-state index contributed by atoms with van der Waals surface area (Å²) in [5.41, 5.74) is 0.730. The first kappa shape index (κ1) is 17.2. The largest absolute Gasteiger partial charge is 0.471 e. The molecule has 7 heteroatoms. The van der Waals surface area contributed by atoms with Crippen LogP contribution >= 0.6 is 0 Å². The minimum atomic E-state index is -4.95. The van der Waals surface area contributed by atoms with Crippen molar-refractivity contribution in [1.82, 2.24) is 5.32 Å². The van der Waals surface area contributed by atoms with Crippen molar-refractivity contribution < 1.29 is 27.4 Å². The summed E-state index contributed by atoms with van der Waals surface area (Å²) in [6.07, 6.45) is -3.16. The van der Waals surface area contributed by atoms with E-state index in [1.807, 2.05) is 24.3 Å². The molecule has 0 aromatic heterocycles. The number of carbonyl (C=O) groups is 1. The monoisotopic (exact) mass is 343 g/mol. The van der Waals surface area contributed by atoms with Gasteiger partial charge in [0.15, 0.2) is 5.79 Å². The van der Waals surface area contributed by atoms with Crippen LogP contribution in [-0.2, 0) is 27.1 Å². The van der Waals surface area contributed by atoms with E-state index in [-0.39, 0.29) is 6.42 Å². The molecule has 1 aromatic rings. The lowest BCUT2D eigenvalue weighted by molar-refractivity contribution is -0.297. The van der Waals surface area contributed by atoms with Gasteiger partial charge in [-0.2, -0.15) is 13.2 Å². The van der Waals surface area contributed by atoms with Gasteiger partial charge in [-0.05, 0) is 37.3 Å². The zero-order valence-electron chi connectivity index (χ0n) is 13.4. The maximum atomic E-state index is 12.9. The fraction of sp³-hybridized carbons (Fsp3) is 0.588. The Morgan fingerprint density at radius 3 is 2.42 bits per heavy atom. The molecule has 1 N–H and O–H groups in total. The summed E-state index contributed by atoms with van der Waals surface area (Å²) in [5.74, 6) is -3.25. The zero-order valence-corrected chi connectivity index (χ0v) is 13.4. The second-order valence-electron chi connectivity index (χ2n) is 6.48. The van der Waals surface area contributed by atoms with E-state index in [0.29, 0.717) is 32.5 Å². The average Bonchev–Trinajstić information content (AvgIpc) is 2.54. The van der Waals surface area contributed by atoms with E-state index in [2.05, 4.69) is 5.32 Å². The fourth-order valence-electron chi connectivity index (χ4n) is 3.54. The van der Waals surface area contributed by atoms with E-state index >= 15 is 0 Å². The zero-order chi connectivity index (χ0) is 17.4. The van der Waals surface area contributed by atoms with Crippen molar-refractivity contribution in [3.05, 3.63) is 35.4 Å². The number of hydrogen-bond donors (Lipinski definition) is 1. The van der Waals surface area contributed by atoms with Crippen LogP contribution in [0.2, 0.25) is 0 Å². The number of aryl methyl sites for hydroxylation is 1. The predicted molar refractivity (Wildman–Crippen MR) is 80.3 cm³/mol. The lowest BCUT2D eigenvalue weighted by Crippen LogP contribution is -2.69. The maximum absolute atomic E-state index is 12.9. The van der Waals surface area contributed by atoms with Crippen LogP contribution in [0.15, 0.2) is 24.3 Å². The number of carbonyl (C=O) groups excluding carboxylic acids is 1. The molecule has 3 rings (SSSR count). The summed E-state index contributed by atoms with van der Waals surface area (Å²) in [7, 11) is 0. The topological polar surface area (TPSA) is 47.6 Å². The van der Waals surface area contributed by atoms with Crippen molar-refractivity contribution in [2.75, 3.05) is 13.2 Å². The van der Waals surface area contributed by atoms with Crippen molar-refractivity contribution >= 4 is 5.91 Å². The highest BCUT2D eigenvalue weighted by molar-refractivity contribution is 5.82. The van der Waals surface area contributed by atoms with Crippen molar-refractivity contribution in [2.45, 2.75) is 50.1 Å². The molecule has 0 radical (unpaired) electrons. The molecule has 1 aliphatic carbocycles. The van der Waals surface area contributed by atoms with Crippen molar-refractivity contribution in [1.29, 1.82) is 0 Å². The molecule has 0 saturated carbocycles. The Morgan fingerprint density at radius 1 is 1.17 bits per heavy atom. The summed E-state index contributed by atoms with van der Waals surface area (Å²) in [4.78, 5) is 11.7. The molecule has 4 nitrogen and oxygen atoms in total. The quantitative estimate of drug-likeness (QED) is 0.898. The molecule has 24 heavy (non-hydrogen) atoms. The molecule has 1 amide bonds. The molecular weight excluding hydrogens is 323 g/mol. The number of nitrogens with one attached hydrogen (secondary N) is 1. The third-order valence-corrected chi connectivity index (χ3v) is 4.95. The first-order valence-corrected chi connectivity index (χ1v) is 8.00. The molecule has 2 aliphatic rings. The number of amides is 1. The minimum Gasteiger partial charge on any atom is -0.348 e. The molecule has 0 spiro atoms. The minimum absolute atomic E-state index is 0.238. The molecule has 1 aliphatic heterocycles. The molecule has 132 valence electrons. The predicted octanol–water partition coefficient (Wildman–Crippen LogP) is 2.75. The highest BCUT2D eigenvalue weighted by Gasteiger charge is 2.56. The number of ether oxygens (including phenoxy) is 2. The second kappa shape index (κ2) is 6.04.